The van der Waals surface area contributed by atoms with Gasteiger partial charge in [0.2, 0.25) is 0 Å². The molecule has 0 saturated carbocycles. The first-order chi connectivity index (χ1) is 7.29. The molecule has 0 fully saturated rings. The minimum absolute atomic E-state index is 0.205. The Balaban J connectivity index is 1.90. The normalized spacial score (nSPS) is 19.0. The molecule has 1 unspecified atom stereocenters. The van der Waals surface area contributed by atoms with Crippen LogP contribution in [0.3, 0.4) is 0 Å². The molecule has 0 amide bonds. The van der Waals surface area contributed by atoms with E-state index in [4.69, 9.17) is 9.84 Å². The van der Waals surface area contributed by atoms with Crippen LogP contribution >= 0.6 is 0 Å². The molecule has 0 spiro atoms. The molecule has 1 aliphatic heterocycles. The van der Waals surface area contributed by atoms with Crippen LogP contribution in [-0.4, -0.2) is 42.9 Å². The molecule has 82 valence electrons. The monoisotopic (exact) mass is 207 g/mol. The molecule has 1 heterocycles. The topological polar surface area (TPSA) is 32.7 Å². The van der Waals surface area contributed by atoms with Crippen molar-refractivity contribution < 1.29 is 9.84 Å². The zero-order valence-corrected chi connectivity index (χ0v) is 9.02. The minimum atomic E-state index is 0.205. The Morgan fingerprint density at radius 3 is 3.00 bits per heavy atom. The Bertz CT molecular complexity index is 302. The average Bonchev–Trinajstić information content (AvgIpc) is 2.59. The van der Waals surface area contributed by atoms with Gasteiger partial charge in [-0.25, -0.2) is 0 Å². The van der Waals surface area contributed by atoms with Crippen LogP contribution in [0.2, 0.25) is 0 Å². The van der Waals surface area contributed by atoms with Crippen molar-refractivity contribution in [2.45, 2.75) is 12.5 Å². The summed E-state index contributed by atoms with van der Waals surface area (Å²) in [5.74, 6) is 1.01. The molecule has 3 heteroatoms. The van der Waals surface area contributed by atoms with Crippen LogP contribution in [0.5, 0.6) is 5.75 Å². The van der Waals surface area contributed by atoms with Gasteiger partial charge in [-0.15, -0.1) is 0 Å². The summed E-state index contributed by atoms with van der Waals surface area (Å²) in [6.07, 6.45) is 1.21. The smallest absolute Gasteiger partial charge is 0.123 e. The van der Waals surface area contributed by atoms with Crippen LogP contribution in [0.1, 0.15) is 5.56 Å². The van der Waals surface area contributed by atoms with E-state index in [1.807, 2.05) is 25.2 Å². The lowest BCUT2D eigenvalue weighted by Crippen LogP contribution is -2.33. The van der Waals surface area contributed by atoms with E-state index >= 15 is 0 Å². The van der Waals surface area contributed by atoms with E-state index in [0.717, 1.165) is 18.7 Å². The second kappa shape index (κ2) is 4.64. The average molecular weight is 207 g/mol. The highest BCUT2D eigenvalue weighted by Crippen LogP contribution is 2.28. The van der Waals surface area contributed by atoms with Gasteiger partial charge in [-0.05, 0) is 18.7 Å². The Morgan fingerprint density at radius 1 is 1.47 bits per heavy atom. The van der Waals surface area contributed by atoms with Gasteiger partial charge in [0.25, 0.3) is 0 Å². The van der Waals surface area contributed by atoms with E-state index in [1.54, 1.807) is 0 Å². The van der Waals surface area contributed by atoms with E-state index in [9.17, 15) is 0 Å². The maximum Gasteiger partial charge on any atom is 0.123 e. The SMILES string of the molecule is CN(CCO)CC1Cc2ccccc2O1. The van der Waals surface area contributed by atoms with Crippen LogP contribution in [0.25, 0.3) is 0 Å². The van der Waals surface area contributed by atoms with Crippen molar-refractivity contribution in [3.8, 4) is 5.75 Å². The van der Waals surface area contributed by atoms with Gasteiger partial charge >= 0.3 is 0 Å². The number of benzene rings is 1. The van der Waals surface area contributed by atoms with Gasteiger partial charge in [-0.2, -0.15) is 0 Å². The van der Waals surface area contributed by atoms with Crippen molar-refractivity contribution in [3.05, 3.63) is 29.8 Å². The summed E-state index contributed by atoms with van der Waals surface area (Å²) in [5.41, 5.74) is 1.29. The van der Waals surface area contributed by atoms with Crippen LogP contribution in [0.15, 0.2) is 24.3 Å². The first-order valence-corrected chi connectivity index (χ1v) is 5.33. The molecular weight excluding hydrogens is 190 g/mol. The standard InChI is InChI=1S/C12H17NO2/c1-13(6-7-14)9-11-8-10-4-2-3-5-12(10)15-11/h2-5,11,14H,6-9H2,1H3. The van der Waals surface area contributed by atoms with Gasteiger partial charge in [-0.3, -0.25) is 0 Å². The van der Waals surface area contributed by atoms with Crippen LogP contribution < -0.4 is 4.74 Å². The molecule has 1 aromatic carbocycles. The Kier molecular flexibility index (Phi) is 3.23. The molecule has 3 nitrogen and oxygen atoms in total. The summed E-state index contributed by atoms with van der Waals surface area (Å²) in [4.78, 5) is 2.09. The molecule has 0 bridgehead atoms. The van der Waals surface area contributed by atoms with E-state index in [0.29, 0.717) is 6.54 Å². The number of aliphatic hydroxyl groups is 1. The van der Waals surface area contributed by atoms with Crippen molar-refractivity contribution >= 4 is 0 Å². The number of hydrogen-bond acceptors (Lipinski definition) is 3. The Labute approximate surface area is 90.3 Å². The highest BCUT2D eigenvalue weighted by atomic mass is 16.5. The molecule has 15 heavy (non-hydrogen) atoms. The van der Waals surface area contributed by atoms with E-state index in [2.05, 4.69) is 11.0 Å². The summed E-state index contributed by atoms with van der Waals surface area (Å²) < 4.78 is 5.80. The van der Waals surface area contributed by atoms with Gasteiger partial charge in [0.05, 0.1) is 6.61 Å². The summed E-state index contributed by atoms with van der Waals surface area (Å²) in [6, 6.07) is 8.17. The highest BCUT2D eigenvalue weighted by Gasteiger charge is 2.22. The summed E-state index contributed by atoms with van der Waals surface area (Å²) in [5, 5.41) is 8.80. The highest BCUT2D eigenvalue weighted by molar-refractivity contribution is 5.37. The van der Waals surface area contributed by atoms with Crippen molar-refractivity contribution in [2.24, 2.45) is 0 Å². The molecular formula is C12H17NO2. The fourth-order valence-electron chi connectivity index (χ4n) is 1.97. The maximum atomic E-state index is 8.80. The number of aliphatic hydroxyl groups excluding tert-OH is 1. The largest absolute Gasteiger partial charge is 0.488 e. The molecule has 1 aliphatic rings. The number of rotatable bonds is 4. The summed E-state index contributed by atoms with van der Waals surface area (Å²) >= 11 is 0. The Morgan fingerprint density at radius 2 is 2.27 bits per heavy atom. The van der Waals surface area contributed by atoms with Gasteiger partial charge < -0.3 is 14.7 Å². The van der Waals surface area contributed by atoms with E-state index < -0.39 is 0 Å². The first-order valence-electron chi connectivity index (χ1n) is 5.33. The van der Waals surface area contributed by atoms with Crippen LogP contribution in [0, 0.1) is 0 Å². The molecule has 0 saturated heterocycles. The third-order valence-corrected chi connectivity index (χ3v) is 2.71. The quantitative estimate of drug-likeness (QED) is 0.796. The van der Waals surface area contributed by atoms with Gasteiger partial charge in [0.1, 0.15) is 11.9 Å². The fraction of sp³-hybridized carbons (Fsp3) is 0.500. The summed E-state index contributed by atoms with van der Waals surface area (Å²) in [6.45, 7) is 1.78. The second-order valence-electron chi connectivity index (χ2n) is 4.04. The zero-order chi connectivity index (χ0) is 10.7. The third kappa shape index (κ3) is 2.49. The number of fused-ring (bicyclic) bond motifs is 1. The molecule has 0 aromatic heterocycles. The van der Waals surface area contributed by atoms with Gasteiger partial charge in [0, 0.05) is 19.5 Å². The fourth-order valence-corrected chi connectivity index (χ4v) is 1.97. The molecule has 1 atom stereocenters. The lowest BCUT2D eigenvalue weighted by Gasteiger charge is -2.19. The predicted molar refractivity (Wildman–Crippen MR) is 59.1 cm³/mol. The van der Waals surface area contributed by atoms with Gasteiger partial charge in [0.15, 0.2) is 0 Å². The summed E-state index contributed by atoms with van der Waals surface area (Å²) in [7, 11) is 2.00. The van der Waals surface area contributed by atoms with Gasteiger partial charge in [-0.1, -0.05) is 18.2 Å². The molecule has 1 N–H and O–H groups in total. The maximum absolute atomic E-state index is 8.80. The van der Waals surface area contributed by atoms with Crippen molar-refractivity contribution in [3.63, 3.8) is 0 Å². The Hall–Kier alpha value is -1.06. The van der Waals surface area contributed by atoms with Crippen molar-refractivity contribution in [1.82, 2.24) is 4.90 Å². The van der Waals surface area contributed by atoms with Crippen molar-refractivity contribution in [2.75, 3.05) is 26.7 Å². The zero-order valence-electron chi connectivity index (χ0n) is 9.02. The first kappa shape index (κ1) is 10.5. The minimum Gasteiger partial charge on any atom is -0.488 e. The van der Waals surface area contributed by atoms with E-state index in [1.165, 1.54) is 5.56 Å². The van der Waals surface area contributed by atoms with Crippen LogP contribution in [0.4, 0.5) is 0 Å². The van der Waals surface area contributed by atoms with E-state index in [-0.39, 0.29) is 12.7 Å². The number of hydrogen-bond donors (Lipinski definition) is 1. The third-order valence-electron chi connectivity index (χ3n) is 2.71. The van der Waals surface area contributed by atoms with Crippen molar-refractivity contribution in [1.29, 1.82) is 0 Å². The number of nitrogens with zero attached hydrogens (tertiary/aromatic N) is 1. The molecule has 0 radical (unpaired) electrons. The lowest BCUT2D eigenvalue weighted by molar-refractivity contribution is 0.148. The lowest BCUT2D eigenvalue weighted by atomic mass is 10.1. The number of para-hydroxylation sites is 1. The molecule has 0 aliphatic carbocycles. The van der Waals surface area contributed by atoms with Crippen LogP contribution in [-0.2, 0) is 6.42 Å². The molecule has 2 rings (SSSR count). The predicted octanol–water partition coefficient (Wildman–Crippen LogP) is 0.914. The molecule has 1 aromatic rings. The second-order valence-corrected chi connectivity index (χ2v) is 4.04. The number of likely N-dealkylation sites (N-methyl/N-ethyl adjacent to an activating group) is 1. The number of ether oxygens (including phenoxy) is 1.